The number of ketones is 1. The lowest BCUT2D eigenvalue weighted by molar-refractivity contribution is 0.0971. The molecular formula is C13H15N3O2. The number of aromatic nitrogens is 3. The summed E-state index contributed by atoms with van der Waals surface area (Å²) >= 11 is 0. The first-order valence-corrected chi connectivity index (χ1v) is 6.16. The molecular weight excluding hydrogens is 230 g/mol. The van der Waals surface area contributed by atoms with Crippen LogP contribution in [0.15, 0.2) is 10.6 Å². The van der Waals surface area contributed by atoms with Crippen LogP contribution in [0.5, 0.6) is 0 Å². The number of nitrogens with zero attached hydrogens (tertiary/aromatic N) is 3. The van der Waals surface area contributed by atoms with Crippen molar-refractivity contribution >= 4 is 5.78 Å². The highest BCUT2D eigenvalue weighted by Gasteiger charge is 2.23. The molecule has 0 spiro atoms. The molecule has 1 aliphatic rings. The summed E-state index contributed by atoms with van der Waals surface area (Å²) in [6.45, 7) is 4.36. The first-order chi connectivity index (χ1) is 8.65. The van der Waals surface area contributed by atoms with Gasteiger partial charge in [0, 0.05) is 23.4 Å². The van der Waals surface area contributed by atoms with E-state index in [1.54, 1.807) is 6.92 Å². The van der Waals surface area contributed by atoms with Crippen LogP contribution in [0.1, 0.15) is 46.3 Å². The lowest BCUT2D eigenvalue weighted by Gasteiger charge is -2.14. The van der Waals surface area contributed by atoms with Crippen LogP contribution in [0.2, 0.25) is 0 Å². The quantitative estimate of drug-likeness (QED) is 0.812. The van der Waals surface area contributed by atoms with E-state index in [4.69, 9.17) is 4.52 Å². The summed E-state index contributed by atoms with van der Waals surface area (Å²) < 4.78 is 7.25. The van der Waals surface area contributed by atoms with E-state index in [1.807, 2.05) is 13.0 Å². The fraction of sp³-hybridized carbons (Fsp3) is 0.462. The van der Waals surface area contributed by atoms with E-state index in [-0.39, 0.29) is 5.78 Å². The Bertz CT molecular complexity index is 610. The summed E-state index contributed by atoms with van der Waals surface area (Å²) in [5.41, 5.74) is 3.06. The molecule has 0 saturated carbocycles. The zero-order chi connectivity index (χ0) is 12.7. The molecule has 94 valence electrons. The highest BCUT2D eigenvalue weighted by Crippen LogP contribution is 2.25. The van der Waals surface area contributed by atoms with Gasteiger partial charge in [0.05, 0.1) is 0 Å². The molecule has 0 atom stereocenters. The fourth-order valence-electron chi connectivity index (χ4n) is 2.55. The molecule has 5 nitrogen and oxygen atoms in total. The summed E-state index contributed by atoms with van der Waals surface area (Å²) in [6.07, 6.45) is 2.54. The molecule has 0 aliphatic heterocycles. The monoisotopic (exact) mass is 245 g/mol. The highest BCUT2D eigenvalue weighted by molar-refractivity contribution is 5.98. The zero-order valence-electron chi connectivity index (χ0n) is 10.6. The van der Waals surface area contributed by atoms with E-state index in [2.05, 4.69) is 14.7 Å². The maximum Gasteiger partial charge on any atom is 0.246 e. The Labute approximate surface area is 105 Å². The van der Waals surface area contributed by atoms with Gasteiger partial charge in [-0.15, -0.1) is 0 Å². The van der Waals surface area contributed by atoms with Gasteiger partial charge in [-0.05, 0) is 32.8 Å². The molecule has 2 aromatic rings. The number of rotatable bonds is 2. The third-order valence-electron chi connectivity index (χ3n) is 3.40. The number of Topliss-reactive ketones (excluding diaryl/α,β-unsaturated/α-hetero) is 1. The molecule has 0 N–H and O–H groups in total. The Morgan fingerprint density at radius 2 is 2.22 bits per heavy atom. The Kier molecular flexibility index (Phi) is 2.54. The van der Waals surface area contributed by atoms with Crippen LogP contribution >= 0.6 is 0 Å². The van der Waals surface area contributed by atoms with Crippen LogP contribution < -0.4 is 0 Å². The summed E-state index contributed by atoms with van der Waals surface area (Å²) in [5.74, 6) is 1.48. The Morgan fingerprint density at radius 1 is 1.39 bits per heavy atom. The van der Waals surface area contributed by atoms with E-state index in [1.165, 1.54) is 0 Å². The van der Waals surface area contributed by atoms with Crippen LogP contribution in [0.25, 0.3) is 0 Å². The first-order valence-electron chi connectivity index (χ1n) is 6.16. The van der Waals surface area contributed by atoms with Gasteiger partial charge in [0.15, 0.2) is 11.6 Å². The predicted molar refractivity (Wildman–Crippen MR) is 64.6 cm³/mol. The summed E-state index contributed by atoms with van der Waals surface area (Å²) in [5, 5.41) is 3.79. The van der Waals surface area contributed by atoms with Crippen molar-refractivity contribution < 1.29 is 9.32 Å². The Balaban J connectivity index is 1.99. The minimum Gasteiger partial charge on any atom is -0.339 e. The minimum atomic E-state index is 0.250. The number of carbonyl (C=O) groups is 1. The van der Waals surface area contributed by atoms with Crippen molar-refractivity contribution in [2.24, 2.45) is 0 Å². The van der Waals surface area contributed by atoms with Gasteiger partial charge in [-0.2, -0.15) is 4.98 Å². The molecule has 0 fully saturated rings. The van der Waals surface area contributed by atoms with Crippen molar-refractivity contribution in [3.63, 3.8) is 0 Å². The second-order valence-electron chi connectivity index (χ2n) is 4.74. The van der Waals surface area contributed by atoms with Crippen molar-refractivity contribution in [2.75, 3.05) is 0 Å². The van der Waals surface area contributed by atoms with Crippen LogP contribution in [0, 0.1) is 13.8 Å². The van der Waals surface area contributed by atoms with E-state index >= 15 is 0 Å². The Morgan fingerprint density at radius 3 is 2.94 bits per heavy atom. The van der Waals surface area contributed by atoms with E-state index in [0.717, 1.165) is 29.8 Å². The van der Waals surface area contributed by atoms with Crippen molar-refractivity contribution in [3.8, 4) is 0 Å². The molecule has 1 aliphatic carbocycles. The third kappa shape index (κ3) is 1.75. The van der Waals surface area contributed by atoms with Gasteiger partial charge in [0.25, 0.3) is 0 Å². The summed E-state index contributed by atoms with van der Waals surface area (Å²) in [6, 6.07) is 1.97. The second kappa shape index (κ2) is 4.08. The van der Waals surface area contributed by atoms with Gasteiger partial charge in [0.2, 0.25) is 5.89 Å². The molecule has 2 aromatic heterocycles. The smallest absolute Gasteiger partial charge is 0.246 e. The van der Waals surface area contributed by atoms with Gasteiger partial charge < -0.3 is 9.09 Å². The van der Waals surface area contributed by atoms with Crippen LogP contribution in [-0.2, 0) is 13.0 Å². The van der Waals surface area contributed by atoms with E-state index in [0.29, 0.717) is 24.7 Å². The average Bonchev–Trinajstić information content (AvgIpc) is 2.87. The molecule has 2 heterocycles. The molecule has 0 saturated heterocycles. The lowest BCUT2D eigenvalue weighted by atomic mass is 9.97. The number of fused-ring (bicyclic) bond motifs is 1. The molecule has 0 unspecified atom stereocenters. The molecule has 3 rings (SSSR count). The lowest BCUT2D eigenvalue weighted by Crippen LogP contribution is -2.14. The fourth-order valence-corrected chi connectivity index (χ4v) is 2.55. The van der Waals surface area contributed by atoms with Crippen molar-refractivity contribution in [1.29, 1.82) is 0 Å². The average molecular weight is 245 g/mol. The van der Waals surface area contributed by atoms with E-state index in [9.17, 15) is 4.79 Å². The molecule has 18 heavy (non-hydrogen) atoms. The molecule has 0 amide bonds. The van der Waals surface area contributed by atoms with Gasteiger partial charge in [-0.25, -0.2) is 0 Å². The third-order valence-corrected chi connectivity index (χ3v) is 3.40. The second-order valence-corrected chi connectivity index (χ2v) is 4.74. The first kappa shape index (κ1) is 11.2. The van der Waals surface area contributed by atoms with Gasteiger partial charge in [0.1, 0.15) is 6.54 Å². The molecule has 0 aromatic carbocycles. The molecule has 5 heteroatoms. The number of hydrogen-bond donors (Lipinski definition) is 0. The van der Waals surface area contributed by atoms with Gasteiger partial charge in [-0.1, -0.05) is 5.16 Å². The number of hydrogen-bond acceptors (Lipinski definition) is 4. The molecule has 0 bridgehead atoms. The van der Waals surface area contributed by atoms with Crippen LogP contribution in [-0.4, -0.2) is 20.5 Å². The normalized spacial score (nSPS) is 14.9. The standard InChI is InChI=1S/C13H15N3O2/c1-8-6-10-11(4-3-5-12(10)17)16(8)7-13-14-9(2)15-18-13/h6H,3-5,7H2,1-2H3. The SMILES string of the molecule is Cc1noc(Cn2c(C)cc3c2CCCC3=O)n1. The van der Waals surface area contributed by atoms with Crippen LogP contribution in [0.3, 0.4) is 0 Å². The van der Waals surface area contributed by atoms with E-state index < -0.39 is 0 Å². The van der Waals surface area contributed by atoms with Gasteiger partial charge >= 0.3 is 0 Å². The number of aryl methyl sites for hydroxylation is 2. The maximum atomic E-state index is 11.8. The predicted octanol–water partition coefficient (Wildman–Crippen LogP) is 2.06. The topological polar surface area (TPSA) is 60.9 Å². The summed E-state index contributed by atoms with van der Waals surface area (Å²) in [7, 11) is 0. The maximum absolute atomic E-state index is 11.8. The highest BCUT2D eigenvalue weighted by atomic mass is 16.5. The van der Waals surface area contributed by atoms with Gasteiger partial charge in [-0.3, -0.25) is 4.79 Å². The Hall–Kier alpha value is -1.91. The van der Waals surface area contributed by atoms with Crippen LogP contribution in [0.4, 0.5) is 0 Å². The minimum absolute atomic E-state index is 0.250. The summed E-state index contributed by atoms with van der Waals surface area (Å²) in [4.78, 5) is 16.1. The largest absolute Gasteiger partial charge is 0.339 e. The van der Waals surface area contributed by atoms with Crippen molar-refractivity contribution in [1.82, 2.24) is 14.7 Å². The van der Waals surface area contributed by atoms with Crippen molar-refractivity contribution in [2.45, 2.75) is 39.7 Å². The zero-order valence-corrected chi connectivity index (χ0v) is 10.6. The van der Waals surface area contributed by atoms with Crippen molar-refractivity contribution in [3.05, 3.63) is 34.7 Å². The number of carbonyl (C=O) groups excluding carboxylic acids is 1. The molecule has 0 radical (unpaired) electrons.